The van der Waals surface area contributed by atoms with Crippen LogP contribution in [-0.2, 0) is 0 Å². The van der Waals surface area contributed by atoms with Crippen molar-refractivity contribution in [3.63, 3.8) is 0 Å². The van der Waals surface area contributed by atoms with Gasteiger partial charge in [-0.05, 0) is 13.0 Å². The zero-order chi connectivity index (χ0) is 15.1. The van der Waals surface area contributed by atoms with Gasteiger partial charge in [-0.1, -0.05) is 80.6 Å². The first-order chi connectivity index (χ1) is 9.75. The van der Waals surface area contributed by atoms with Gasteiger partial charge in [0.05, 0.1) is 0 Å². The maximum atomic E-state index is 12.2. The highest BCUT2D eigenvalue weighted by molar-refractivity contribution is 6.72. The summed E-state index contributed by atoms with van der Waals surface area (Å²) in [4.78, 5) is 12.2. The van der Waals surface area contributed by atoms with Gasteiger partial charge in [0.1, 0.15) is 0 Å². The summed E-state index contributed by atoms with van der Waals surface area (Å²) in [5.74, 6) is 0.136. The van der Waals surface area contributed by atoms with Crippen molar-refractivity contribution < 1.29 is 4.79 Å². The summed E-state index contributed by atoms with van der Waals surface area (Å²) < 4.78 is 0. The van der Waals surface area contributed by atoms with Crippen LogP contribution in [0.15, 0.2) is 42.5 Å². The predicted molar refractivity (Wildman–Crippen MR) is 88.8 cm³/mol. The Balaban J connectivity index is 0.000000461. The molecule has 2 aromatic rings. The minimum atomic E-state index is 0.136. The second kappa shape index (κ2) is 7.69. The first kappa shape index (κ1) is 16.2. The van der Waals surface area contributed by atoms with Crippen molar-refractivity contribution in [2.75, 3.05) is 0 Å². The number of fused-ring (bicyclic) bond motifs is 2. The molecule has 1 heterocycles. The van der Waals surface area contributed by atoms with Crippen LogP contribution in [0.5, 0.6) is 0 Å². The summed E-state index contributed by atoms with van der Waals surface area (Å²) in [6.45, 7) is 10.0. The topological polar surface area (TPSA) is 17.1 Å². The van der Waals surface area contributed by atoms with Crippen molar-refractivity contribution in [2.45, 2.75) is 34.6 Å². The molecule has 1 aliphatic rings. The SMILES string of the molecule is CC.CC.Cc1ccc2c(c1)C(=O)c1ccccc1[B]2. The third kappa shape index (κ3) is 3.19. The molecule has 0 fully saturated rings. The number of hydrogen-bond donors (Lipinski definition) is 0. The Bertz CT molecular complexity index is 588. The highest BCUT2D eigenvalue weighted by atomic mass is 16.1. The van der Waals surface area contributed by atoms with E-state index in [1.807, 2.05) is 77.1 Å². The van der Waals surface area contributed by atoms with Crippen molar-refractivity contribution in [3.8, 4) is 0 Å². The second-order valence-corrected chi connectivity index (χ2v) is 4.15. The summed E-state index contributed by atoms with van der Waals surface area (Å²) in [5.41, 5.74) is 4.79. The van der Waals surface area contributed by atoms with Gasteiger partial charge in [-0.15, -0.1) is 0 Å². The van der Waals surface area contributed by atoms with Gasteiger partial charge in [-0.3, -0.25) is 4.79 Å². The fourth-order valence-corrected chi connectivity index (χ4v) is 2.13. The standard InChI is InChI=1S/C14H10BO.2C2H6/c1-9-6-7-13-11(8-9)14(16)10-4-2-3-5-12(10)15-13;2*1-2/h2-8H,1H3;2*1-2H3. The molecule has 2 heteroatoms. The lowest BCUT2D eigenvalue weighted by Crippen LogP contribution is -2.40. The van der Waals surface area contributed by atoms with Crippen LogP contribution >= 0.6 is 0 Å². The highest BCUT2D eigenvalue weighted by Crippen LogP contribution is 2.12. The molecule has 20 heavy (non-hydrogen) atoms. The van der Waals surface area contributed by atoms with Crippen LogP contribution in [0.4, 0.5) is 0 Å². The third-order valence-electron chi connectivity index (χ3n) is 2.97. The lowest BCUT2D eigenvalue weighted by Gasteiger charge is -2.17. The van der Waals surface area contributed by atoms with Crippen molar-refractivity contribution >= 4 is 24.0 Å². The largest absolute Gasteiger partial charge is 0.289 e. The van der Waals surface area contributed by atoms with Gasteiger partial charge in [0, 0.05) is 11.1 Å². The zero-order valence-electron chi connectivity index (χ0n) is 13.0. The fourth-order valence-electron chi connectivity index (χ4n) is 2.13. The predicted octanol–water partition coefficient (Wildman–Crippen LogP) is 3.25. The zero-order valence-corrected chi connectivity index (χ0v) is 13.0. The molecule has 0 amide bonds. The number of rotatable bonds is 0. The van der Waals surface area contributed by atoms with Crippen LogP contribution in [0.3, 0.4) is 0 Å². The fraction of sp³-hybridized carbons (Fsp3) is 0.278. The number of carbonyl (C=O) groups is 1. The van der Waals surface area contributed by atoms with E-state index in [0.29, 0.717) is 0 Å². The Morgan fingerprint density at radius 1 is 0.800 bits per heavy atom. The van der Waals surface area contributed by atoms with E-state index in [0.717, 1.165) is 27.6 Å². The molecule has 0 N–H and O–H groups in total. The minimum Gasteiger partial charge on any atom is -0.289 e. The molecule has 0 unspecified atom stereocenters. The Kier molecular flexibility index (Phi) is 6.24. The van der Waals surface area contributed by atoms with E-state index in [2.05, 4.69) is 7.28 Å². The summed E-state index contributed by atoms with van der Waals surface area (Å²) in [6, 6.07) is 13.8. The van der Waals surface area contributed by atoms with Gasteiger partial charge in [-0.25, -0.2) is 0 Å². The molecule has 0 saturated carbocycles. The molecule has 0 spiro atoms. The van der Waals surface area contributed by atoms with E-state index in [-0.39, 0.29) is 5.78 Å². The van der Waals surface area contributed by atoms with E-state index in [1.54, 1.807) is 0 Å². The molecule has 103 valence electrons. The molecule has 0 aliphatic carbocycles. The van der Waals surface area contributed by atoms with Crippen molar-refractivity contribution in [1.82, 2.24) is 0 Å². The van der Waals surface area contributed by atoms with E-state index < -0.39 is 0 Å². The maximum Gasteiger partial charge on any atom is 0.193 e. The molecular formula is C18H22BO. The van der Waals surface area contributed by atoms with Crippen LogP contribution < -0.4 is 10.9 Å². The summed E-state index contributed by atoms with van der Waals surface area (Å²) in [7, 11) is 2.07. The molecule has 1 radical (unpaired) electrons. The quantitative estimate of drug-likeness (QED) is 0.570. The van der Waals surface area contributed by atoms with Gasteiger partial charge in [-0.2, -0.15) is 0 Å². The molecule has 2 aromatic carbocycles. The minimum absolute atomic E-state index is 0.136. The van der Waals surface area contributed by atoms with Gasteiger partial charge < -0.3 is 0 Å². The van der Waals surface area contributed by atoms with Gasteiger partial charge in [0.25, 0.3) is 0 Å². The van der Waals surface area contributed by atoms with E-state index in [1.165, 1.54) is 0 Å². The number of ketones is 1. The van der Waals surface area contributed by atoms with E-state index >= 15 is 0 Å². The van der Waals surface area contributed by atoms with Gasteiger partial charge in [0.15, 0.2) is 13.1 Å². The third-order valence-corrected chi connectivity index (χ3v) is 2.97. The Hall–Kier alpha value is -1.83. The van der Waals surface area contributed by atoms with E-state index in [9.17, 15) is 4.79 Å². The lowest BCUT2D eigenvalue weighted by molar-refractivity contribution is 0.104. The number of hydrogen-bond acceptors (Lipinski definition) is 1. The maximum absolute atomic E-state index is 12.2. The first-order valence-electron chi connectivity index (χ1n) is 7.35. The van der Waals surface area contributed by atoms with Crippen LogP contribution in [0.1, 0.15) is 49.2 Å². The normalized spacial score (nSPS) is 10.8. The molecule has 0 aromatic heterocycles. The number of benzene rings is 2. The van der Waals surface area contributed by atoms with Gasteiger partial charge >= 0.3 is 0 Å². The lowest BCUT2D eigenvalue weighted by atomic mass is 9.56. The average molecular weight is 265 g/mol. The van der Waals surface area contributed by atoms with E-state index in [4.69, 9.17) is 0 Å². The molecule has 1 nitrogen and oxygen atoms in total. The smallest absolute Gasteiger partial charge is 0.193 e. The molecule has 0 saturated heterocycles. The summed E-state index contributed by atoms with van der Waals surface area (Å²) >= 11 is 0. The Morgan fingerprint density at radius 2 is 1.40 bits per heavy atom. The molecule has 3 rings (SSSR count). The Morgan fingerprint density at radius 3 is 2.10 bits per heavy atom. The Labute approximate surface area is 123 Å². The van der Waals surface area contributed by atoms with Crippen molar-refractivity contribution in [3.05, 3.63) is 59.2 Å². The number of carbonyl (C=O) groups excluding carboxylic acids is 1. The highest BCUT2D eigenvalue weighted by Gasteiger charge is 2.22. The van der Waals surface area contributed by atoms with Crippen LogP contribution in [0.2, 0.25) is 0 Å². The van der Waals surface area contributed by atoms with Crippen molar-refractivity contribution in [2.24, 2.45) is 0 Å². The number of aryl methyl sites for hydroxylation is 1. The first-order valence-corrected chi connectivity index (χ1v) is 7.35. The monoisotopic (exact) mass is 265 g/mol. The van der Waals surface area contributed by atoms with Gasteiger partial charge in [0.2, 0.25) is 0 Å². The molecular weight excluding hydrogens is 243 g/mol. The molecule has 1 aliphatic heterocycles. The second-order valence-electron chi connectivity index (χ2n) is 4.15. The van der Waals surface area contributed by atoms with Crippen LogP contribution in [-0.4, -0.2) is 13.1 Å². The summed E-state index contributed by atoms with van der Waals surface area (Å²) in [5, 5.41) is 0. The van der Waals surface area contributed by atoms with Crippen LogP contribution in [0, 0.1) is 6.92 Å². The summed E-state index contributed by atoms with van der Waals surface area (Å²) in [6.07, 6.45) is 0. The van der Waals surface area contributed by atoms with Crippen LogP contribution in [0.25, 0.3) is 0 Å². The van der Waals surface area contributed by atoms with Crippen molar-refractivity contribution in [1.29, 1.82) is 0 Å². The average Bonchev–Trinajstić information content (AvgIpc) is 2.52. The molecule has 0 bridgehead atoms. The molecule has 0 atom stereocenters.